The summed E-state index contributed by atoms with van der Waals surface area (Å²) in [6.45, 7) is 2.30. The average molecular weight is 351 g/mol. The zero-order chi connectivity index (χ0) is 18.0. The maximum atomic E-state index is 2.56. The fourth-order valence-electron chi connectivity index (χ4n) is 4.72. The molecule has 1 aliphatic carbocycles. The summed E-state index contributed by atoms with van der Waals surface area (Å²) in [6.07, 6.45) is 20.8. The molecule has 0 radical (unpaired) electrons. The molecular formula is C26H38. The fraction of sp³-hybridized carbons (Fsp3) is 0.615. The normalized spacial score (nSPS) is 13.9. The van der Waals surface area contributed by atoms with E-state index in [9.17, 15) is 0 Å². The molecule has 0 aromatic heterocycles. The number of fused-ring (bicyclic) bond motifs is 3. The molecule has 0 bridgehead atoms. The van der Waals surface area contributed by atoms with Crippen molar-refractivity contribution < 1.29 is 0 Å². The van der Waals surface area contributed by atoms with Gasteiger partial charge in [0, 0.05) is 0 Å². The van der Waals surface area contributed by atoms with Crippen LogP contribution in [0.4, 0.5) is 0 Å². The molecule has 0 fully saturated rings. The first-order valence-corrected chi connectivity index (χ1v) is 11.4. The molecule has 2 aromatic carbocycles. The Morgan fingerprint density at radius 1 is 0.692 bits per heavy atom. The number of unbranched alkanes of at least 4 members (excludes halogenated alkanes) is 9. The summed E-state index contributed by atoms with van der Waals surface area (Å²) in [5.41, 5.74) is 4.91. The molecule has 0 heteroatoms. The Labute approximate surface area is 161 Å². The van der Waals surface area contributed by atoms with Crippen LogP contribution in [0.2, 0.25) is 0 Å². The maximum Gasteiger partial charge on any atom is -0.0146 e. The summed E-state index contributed by atoms with van der Waals surface area (Å²) in [4.78, 5) is 0. The summed E-state index contributed by atoms with van der Waals surface area (Å²) < 4.78 is 0. The Balaban J connectivity index is 1.46. The van der Waals surface area contributed by atoms with Gasteiger partial charge in [0.1, 0.15) is 0 Å². The molecule has 142 valence electrons. The van der Waals surface area contributed by atoms with E-state index in [1.165, 1.54) is 102 Å². The van der Waals surface area contributed by atoms with E-state index in [2.05, 4.69) is 37.3 Å². The predicted octanol–water partition coefficient (Wildman–Crippen LogP) is 8.18. The van der Waals surface area contributed by atoms with Crippen molar-refractivity contribution in [3.8, 4) is 0 Å². The van der Waals surface area contributed by atoms with Crippen molar-refractivity contribution in [2.45, 2.75) is 103 Å². The minimum Gasteiger partial charge on any atom is -0.0654 e. The molecule has 0 N–H and O–H groups in total. The van der Waals surface area contributed by atoms with Gasteiger partial charge < -0.3 is 0 Å². The smallest absolute Gasteiger partial charge is 0.0146 e. The van der Waals surface area contributed by atoms with Gasteiger partial charge in [0.15, 0.2) is 0 Å². The first-order chi connectivity index (χ1) is 12.9. The molecule has 0 unspecified atom stereocenters. The highest BCUT2D eigenvalue weighted by Crippen LogP contribution is 2.32. The van der Waals surface area contributed by atoms with Gasteiger partial charge in [-0.05, 0) is 66.0 Å². The molecule has 1 aliphatic rings. The lowest BCUT2D eigenvalue weighted by Gasteiger charge is -2.20. The largest absolute Gasteiger partial charge is 0.0654 e. The van der Waals surface area contributed by atoms with Crippen molar-refractivity contribution in [3.63, 3.8) is 0 Å². The second-order valence-electron chi connectivity index (χ2n) is 8.36. The quantitative estimate of drug-likeness (QED) is 0.358. The van der Waals surface area contributed by atoms with E-state index in [1.807, 2.05) is 0 Å². The molecule has 0 heterocycles. The highest BCUT2D eigenvalue weighted by molar-refractivity contribution is 5.90. The molecule has 0 nitrogen and oxygen atoms in total. The van der Waals surface area contributed by atoms with Crippen LogP contribution in [0.15, 0.2) is 30.3 Å². The second kappa shape index (κ2) is 10.8. The Bertz CT molecular complexity index is 667. The minimum atomic E-state index is 1.27. The summed E-state index contributed by atoms with van der Waals surface area (Å²) in [7, 11) is 0. The van der Waals surface area contributed by atoms with Gasteiger partial charge >= 0.3 is 0 Å². The highest BCUT2D eigenvalue weighted by Gasteiger charge is 2.14. The van der Waals surface area contributed by atoms with Gasteiger partial charge in [-0.1, -0.05) is 95.0 Å². The zero-order valence-corrected chi connectivity index (χ0v) is 17.0. The van der Waals surface area contributed by atoms with Crippen LogP contribution < -0.4 is 0 Å². The van der Waals surface area contributed by atoms with E-state index >= 15 is 0 Å². The van der Waals surface area contributed by atoms with Gasteiger partial charge in [0.25, 0.3) is 0 Å². The first-order valence-electron chi connectivity index (χ1n) is 11.4. The van der Waals surface area contributed by atoms with E-state index in [1.54, 1.807) is 22.1 Å². The zero-order valence-electron chi connectivity index (χ0n) is 17.0. The summed E-state index contributed by atoms with van der Waals surface area (Å²) in [6, 6.07) is 11.7. The topological polar surface area (TPSA) is 0 Å². The number of aryl methyl sites for hydroxylation is 3. The van der Waals surface area contributed by atoms with Gasteiger partial charge in [-0.15, -0.1) is 0 Å². The summed E-state index contributed by atoms with van der Waals surface area (Å²) >= 11 is 0. The van der Waals surface area contributed by atoms with Gasteiger partial charge in [0.05, 0.1) is 0 Å². The number of hydrogen-bond donors (Lipinski definition) is 0. The lowest BCUT2D eigenvalue weighted by Crippen LogP contribution is -2.05. The summed E-state index contributed by atoms with van der Waals surface area (Å²) in [5.74, 6) is 0. The number of hydrogen-bond acceptors (Lipinski definition) is 0. The summed E-state index contributed by atoms with van der Waals surface area (Å²) in [5, 5.41) is 3.08. The third kappa shape index (κ3) is 5.35. The van der Waals surface area contributed by atoms with Crippen LogP contribution in [0, 0.1) is 0 Å². The molecule has 0 spiro atoms. The van der Waals surface area contributed by atoms with E-state index in [0.29, 0.717) is 0 Å². The van der Waals surface area contributed by atoms with Gasteiger partial charge in [-0.25, -0.2) is 0 Å². The van der Waals surface area contributed by atoms with Gasteiger partial charge in [0.2, 0.25) is 0 Å². The van der Waals surface area contributed by atoms with E-state index in [0.717, 1.165) is 0 Å². The first kappa shape index (κ1) is 19.5. The number of rotatable bonds is 11. The van der Waals surface area contributed by atoms with Crippen LogP contribution in [0.1, 0.15) is 101 Å². The predicted molar refractivity (Wildman–Crippen MR) is 116 cm³/mol. The average Bonchev–Trinajstić information content (AvgIpc) is 2.69. The van der Waals surface area contributed by atoms with Crippen molar-refractivity contribution in [1.82, 2.24) is 0 Å². The third-order valence-electron chi connectivity index (χ3n) is 6.26. The molecule has 26 heavy (non-hydrogen) atoms. The lowest BCUT2D eigenvalue weighted by molar-refractivity contribution is 0.556. The van der Waals surface area contributed by atoms with Crippen LogP contribution in [0.5, 0.6) is 0 Å². The van der Waals surface area contributed by atoms with Gasteiger partial charge in [-0.2, -0.15) is 0 Å². The van der Waals surface area contributed by atoms with Crippen molar-refractivity contribution >= 4 is 10.8 Å². The van der Waals surface area contributed by atoms with E-state index in [-0.39, 0.29) is 0 Å². The molecule has 0 aliphatic heterocycles. The Morgan fingerprint density at radius 2 is 1.31 bits per heavy atom. The maximum absolute atomic E-state index is 2.56. The van der Waals surface area contributed by atoms with Crippen LogP contribution >= 0.6 is 0 Å². The SMILES string of the molecule is CCCCCCCCCCCCc1cc2c(c3ccccc13)CCCC2. The molecule has 3 rings (SSSR count). The Hall–Kier alpha value is -1.30. The lowest BCUT2D eigenvalue weighted by atomic mass is 9.84. The van der Waals surface area contributed by atoms with Crippen molar-refractivity contribution in [1.29, 1.82) is 0 Å². The Kier molecular flexibility index (Phi) is 8.05. The molecule has 0 atom stereocenters. The van der Waals surface area contributed by atoms with Gasteiger partial charge in [-0.3, -0.25) is 0 Å². The third-order valence-corrected chi connectivity index (χ3v) is 6.26. The van der Waals surface area contributed by atoms with Crippen LogP contribution in [0.25, 0.3) is 10.8 Å². The highest BCUT2D eigenvalue weighted by atomic mass is 14.2. The van der Waals surface area contributed by atoms with E-state index < -0.39 is 0 Å². The molecular weight excluding hydrogens is 312 g/mol. The Morgan fingerprint density at radius 3 is 2.04 bits per heavy atom. The van der Waals surface area contributed by atoms with Crippen LogP contribution in [-0.4, -0.2) is 0 Å². The molecule has 0 saturated heterocycles. The van der Waals surface area contributed by atoms with Crippen molar-refractivity contribution in [3.05, 3.63) is 47.0 Å². The van der Waals surface area contributed by atoms with Crippen molar-refractivity contribution in [2.24, 2.45) is 0 Å². The van der Waals surface area contributed by atoms with Crippen LogP contribution in [0.3, 0.4) is 0 Å². The van der Waals surface area contributed by atoms with Crippen LogP contribution in [-0.2, 0) is 19.3 Å². The fourth-order valence-corrected chi connectivity index (χ4v) is 4.72. The molecule has 2 aromatic rings. The standard InChI is InChI=1S/C26H38/c1-2-3-4-5-6-7-8-9-10-11-16-22-21-23-17-12-13-18-24(23)26-20-15-14-19-25(22)26/h14-15,19-21H,2-13,16-18H2,1H3. The van der Waals surface area contributed by atoms with E-state index in [4.69, 9.17) is 0 Å². The van der Waals surface area contributed by atoms with Crippen molar-refractivity contribution in [2.75, 3.05) is 0 Å². The molecule has 0 saturated carbocycles. The molecule has 0 amide bonds. The monoisotopic (exact) mass is 350 g/mol. The second-order valence-corrected chi connectivity index (χ2v) is 8.36. The number of benzene rings is 2. The minimum absolute atomic E-state index is 1.27.